The number of hydrogen-bond acceptors (Lipinski definition) is 5. The number of nitrogens with zero attached hydrogens (tertiary/aromatic N) is 2. The van der Waals surface area contributed by atoms with Gasteiger partial charge in [-0.15, -0.1) is 0 Å². The molecule has 0 bridgehead atoms. The summed E-state index contributed by atoms with van der Waals surface area (Å²) in [4.78, 5) is 35.0. The number of nitro groups is 1. The van der Waals surface area contributed by atoms with Crippen LogP contribution in [0.5, 0.6) is 0 Å². The largest absolute Gasteiger partial charge is 0.461 e. The first-order chi connectivity index (χ1) is 10.5. The van der Waals surface area contributed by atoms with Crippen LogP contribution in [0.1, 0.15) is 25.3 Å². The Morgan fingerprint density at radius 3 is 2.36 bits per heavy atom. The molecule has 0 atom stereocenters. The Bertz CT molecular complexity index is 562. The molecule has 1 saturated heterocycles. The smallest absolute Gasteiger partial charge is 0.309 e. The van der Waals surface area contributed by atoms with Crippen LogP contribution >= 0.6 is 0 Å². The molecule has 0 aromatic heterocycles. The average Bonchev–Trinajstić information content (AvgIpc) is 2.53. The molecule has 22 heavy (non-hydrogen) atoms. The second-order valence-corrected chi connectivity index (χ2v) is 5.31. The Morgan fingerprint density at radius 1 is 1.27 bits per heavy atom. The quantitative estimate of drug-likeness (QED) is 0.481. The topological polar surface area (TPSA) is 89.8 Å². The highest BCUT2D eigenvalue weighted by Gasteiger charge is 2.27. The summed E-state index contributed by atoms with van der Waals surface area (Å²) in [6, 6.07) is 5.91. The zero-order valence-corrected chi connectivity index (χ0v) is 12.4. The number of ether oxygens (including phenoxy) is 1. The highest BCUT2D eigenvalue weighted by atomic mass is 16.6. The van der Waals surface area contributed by atoms with E-state index in [9.17, 15) is 19.7 Å². The first-order valence-corrected chi connectivity index (χ1v) is 7.13. The van der Waals surface area contributed by atoms with Crippen molar-refractivity contribution in [3.8, 4) is 0 Å². The lowest BCUT2D eigenvalue weighted by molar-refractivity contribution is -0.384. The summed E-state index contributed by atoms with van der Waals surface area (Å²) in [5, 5.41) is 10.6. The minimum atomic E-state index is -0.474. The molecule has 2 rings (SSSR count). The number of esters is 1. The number of carbonyl (C=O) groups excluding carboxylic acids is 2. The lowest BCUT2D eigenvalue weighted by atomic mass is 9.97. The van der Waals surface area contributed by atoms with Crippen LogP contribution in [0.3, 0.4) is 0 Å². The normalized spacial score (nSPS) is 15.4. The molecule has 1 fully saturated rings. The second kappa shape index (κ2) is 7.02. The van der Waals surface area contributed by atoms with Crippen LogP contribution in [-0.4, -0.2) is 34.8 Å². The molecule has 0 unspecified atom stereocenters. The van der Waals surface area contributed by atoms with Crippen LogP contribution in [0, 0.1) is 16.0 Å². The van der Waals surface area contributed by atoms with Crippen LogP contribution in [0.4, 0.5) is 5.69 Å². The predicted octanol–water partition coefficient (Wildman–Crippen LogP) is 1.90. The van der Waals surface area contributed by atoms with E-state index in [1.54, 1.807) is 17.0 Å². The first kappa shape index (κ1) is 15.9. The summed E-state index contributed by atoms with van der Waals surface area (Å²) >= 11 is 0. The Morgan fingerprint density at radius 2 is 1.86 bits per heavy atom. The van der Waals surface area contributed by atoms with Crippen molar-refractivity contribution in [2.75, 3.05) is 13.1 Å². The minimum Gasteiger partial charge on any atom is -0.461 e. The standard InChI is InChI=1S/C15H18N2O5/c1-11(18)16-8-6-13(7-9-16)15(19)22-10-12-2-4-14(5-3-12)17(20)21/h2-5,13H,6-10H2,1H3. The van der Waals surface area contributed by atoms with Gasteiger partial charge in [0.25, 0.3) is 5.69 Å². The van der Waals surface area contributed by atoms with Crippen molar-refractivity contribution in [3.63, 3.8) is 0 Å². The van der Waals surface area contributed by atoms with E-state index in [-0.39, 0.29) is 30.1 Å². The van der Waals surface area contributed by atoms with E-state index in [1.165, 1.54) is 19.1 Å². The third-order valence-corrected chi connectivity index (χ3v) is 3.80. The van der Waals surface area contributed by atoms with Gasteiger partial charge in [0.1, 0.15) is 6.61 Å². The molecule has 1 amide bonds. The number of benzene rings is 1. The lowest BCUT2D eigenvalue weighted by Crippen LogP contribution is -2.39. The van der Waals surface area contributed by atoms with Crippen LogP contribution in [-0.2, 0) is 20.9 Å². The molecule has 0 spiro atoms. The van der Waals surface area contributed by atoms with Crippen molar-refractivity contribution in [1.82, 2.24) is 4.90 Å². The summed E-state index contributed by atoms with van der Waals surface area (Å²) in [6.07, 6.45) is 1.22. The van der Waals surface area contributed by atoms with Gasteiger partial charge in [-0.1, -0.05) is 0 Å². The zero-order chi connectivity index (χ0) is 16.1. The van der Waals surface area contributed by atoms with Gasteiger partial charge in [0.05, 0.1) is 10.8 Å². The highest BCUT2D eigenvalue weighted by molar-refractivity contribution is 5.75. The number of non-ortho nitro benzene ring substituents is 1. The fourth-order valence-corrected chi connectivity index (χ4v) is 2.42. The molecule has 0 aliphatic carbocycles. The van der Waals surface area contributed by atoms with E-state index in [4.69, 9.17) is 4.74 Å². The van der Waals surface area contributed by atoms with E-state index in [2.05, 4.69) is 0 Å². The van der Waals surface area contributed by atoms with E-state index < -0.39 is 4.92 Å². The molecule has 1 aliphatic rings. The number of likely N-dealkylation sites (tertiary alicyclic amines) is 1. The minimum absolute atomic E-state index is 0.00619. The molecule has 1 aromatic rings. The predicted molar refractivity (Wildman–Crippen MR) is 77.9 cm³/mol. The summed E-state index contributed by atoms with van der Waals surface area (Å²) < 4.78 is 5.25. The van der Waals surface area contributed by atoms with Crippen molar-refractivity contribution >= 4 is 17.6 Å². The maximum absolute atomic E-state index is 12.0. The molecule has 1 aliphatic heterocycles. The van der Waals surface area contributed by atoms with Crippen molar-refractivity contribution in [2.24, 2.45) is 5.92 Å². The van der Waals surface area contributed by atoms with Crippen LogP contribution in [0.25, 0.3) is 0 Å². The van der Waals surface area contributed by atoms with Crippen molar-refractivity contribution in [2.45, 2.75) is 26.4 Å². The molecular formula is C15H18N2O5. The van der Waals surface area contributed by atoms with E-state index in [0.717, 1.165) is 0 Å². The Kier molecular flexibility index (Phi) is 5.08. The van der Waals surface area contributed by atoms with E-state index >= 15 is 0 Å². The van der Waals surface area contributed by atoms with Crippen LogP contribution in [0.2, 0.25) is 0 Å². The van der Waals surface area contributed by atoms with Crippen molar-refractivity contribution in [1.29, 1.82) is 0 Å². The summed E-state index contributed by atoms with van der Waals surface area (Å²) in [5.74, 6) is -0.437. The Labute approximate surface area is 128 Å². The maximum Gasteiger partial charge on any atom is 0.309 e. The van der Waals surface area contributed by atoms with E-state index in [1.807, 2.05) is 0 Å². The van der Waals surface area contributed by atoms with Gasteiger partial charge in [-0.2, -0.15) is 0 Å². The number of nitro benzene ring substituents is 1. The SMILES string of the molecule is CC(=O)N1CCC(C(=O)OCc2ccc([N+](=O)[O-])cc2)CC1. The number of piperidine rings is 1. The third-order valence-electron chi connectivity index (χ3n) is 3.80. The molecule has 1 aromatic carbocycles. The van der Waals surface area contributed by atoms with Gasteiger partial charge in [0.15, 0.2) is 0 Å². The van der Waals surface area contributed by atoms with Crippen molar-refractivity contribution < 1.29 is 19.2 Å². The number of hydrogen-bond donors (Lipinski definition) is 0. The summed E-state index contributed by atoms with van der Waals surface area (Å²) in [6.45, 7) is 2.77. The maximum atomic E-state index is 12.0. The van der Waals surface area contributed by atoms with Gasteiger partial charge >= 0.3 is 5.97 Å². The van der Waals surface area contributed by atoms with E-state index in [0.29, 0.717) is 31.5 Å². The Hall–Kier alpha value is -2.44. The van der Waals surface area contributed by atoms with Gasteiger partial charge in [-0.05, 0) is 30.5 Å². The molecule has 0 saturated carbocycles. The van der Waals surface area contributed by atoms with Crippen LogP contribution < -0.4 is 0 Å². The molecule has 0 radical (unpaired) electrons. The van der Waals surface area contributed by atoms with Gasteiger partial charge in [0, 0.05) is 32.1 Å². The monoisotopic (exact) mass is 306 g/mol. The molecule has 0 N–H and O–H groups in total. The molecule has 118 valence electrons. The first-order valence-electron chi connectivity index (χ1n) is 7.13. The van der Waals surface area contributed by atoms with Crippen LogP contribution in [0.15, 0.2) is 24.3 Å². The second-order valence-electron chi connectivity index (χ2n) is 5.31. The average molecular weight is 306 g/mol. The number of amides is 1. The number of rotatable bonds is 4. The fourth-order valence-electron chi connectivity index (χ4n) is 2.42. The van der Waals surface area contributed by atoms with Gasteiger partial charge in [0.2, 0.25) is 5.91 Å². The van der Waals surface area contributed by atoms with Gasteiger partial charge < -0.3 is 9.64 Å². The summed E-state index contributed by atoms with van der Waals surface area (Å²) in [5.41, 5.74) is 0.715. The zero-order valence-electron chi connectivity index (χ0n) is 12.4. The van der Waals surface area contributed by atoms with Crippen molar-refractivity contribution in [3.05, 3.63) is 39.9 Å². The van der Waals surface area contributed by atoms with Gasteiger partial charge in [-0.3, -0.25) is 19.7 Å². The molecular weight excluding hydrogens is 288 g/mol. The molecule has 1 heterocycles. The molecule has 7 nitrogen and oxygen atoms in total. The highest BCUT2D eigenvalue weighted by Crippen LogP contribution is 2.20. The summed E-state index contributed by atoms with van der Waals surface area (Å²) in [7, 11) is 0. The third kappa shape index (κ3) is 4.03. The van der Waals surface area contributed by atoms with Gasteiger partial charge in [-0.25, -0.2) is 0 Å². The lowest BCUT2D eigenvalue weighted by Gasteiger charge is -2.30. The number of carbonyl (C=O) groups is 2. The molecule has 7 heteroatoms. The Balaban J connectivity index is 1.80. The fraction of sp³-hybridized carbons (Fsp3) is 0.467.